The van der Waals surface area contributed by atoms with E-state index < -0.39 is 45.7 Å². The maximum absolute atomic E-state index is 11.9. The fourth-order valence-corrected chi connectivity index (χ4v) is 5.53. The Morgan fingerprint density at radius 2 is 0.892 bits per heavy atom. The largest absolute Gasteiger partial charge is 0.395 e. The number of piperazine rings is 2. The molecule has 2 fully saturated rings. The zero-order valence-electron chi connectivity index (χ0n) is 21.3. The maximum atomic E-state index is 11.9. The van der Waals surface area contributed by atoms with Gasteiger partial charge in [-0.2, -0.15) is 16.8 Å². The highest BCUT2D eigenvalue weighted by Gasteiger charge is 2.35. The Balaban J connectivity index is 0.000000397. The molecule has 0 aromatic carbocycles. The normalized spacial score (nSPS) is 19.5. The van der Waals surface area contributed by atoms with E-state index >= 15 is 0 Å². The van der Waals surface area contributed by atoms with Gasteiger partial charge in [-0.3, -0.25) is 28.3 Å². The van der Waals surface area contributed by atoms with Crippen LogP contribution in [0.4, 0.5) is 0 Å². The first-order chi connectivity index (χ1) is 17.4. The molecule has 2 rings (SSSR count). The summed E-state index contributed by atoms with van der Waals surface area (Å²) >= 11 is 0. The quantitative estimate of drug-likeness (QED) is 0.0792. The van der Waals surface area contributed by atoms with Crippen molar-refractivity contribution in [3.05, 3.63) is 0 Å². The lowest BCUT2D eigenvalue weighted by Crippen LogP contribution is -2.49. The van der Waals surface area contributed by atoms with E-state index in [2.05, 4.69) is 9.80 Å². The van der Waals surface area contributed by atoms with Crippen molar-refractivity contribution in [1.29, 1.82) is 0 Å². The van der Waals surface area contributed by atoms with E-state index in [-0.39, 0.29) is 31.3 Å². The van der Waals surface area contributed by atoms with Gasteiger partial charge in [0.1, 0.15) is 0 Å². The van der Waals surface area contributed by atoms with Crippen molar-refractivity contribution in [3.63, 3.8) is 0 Å². The van der Waals surface area contributed by atoms with Crippen LogP contribution in [0.2, 0.25) is 0 Å². The van der Waals surface area contributed by atoms with Crippen molar-refractivity contribution >= 4 is 20.2 Å². The molecule has 222 valence electrons. The number of aliphatic hydroxyl groups is 5. The van der Waals surface area contributed by atoms with Crippen molar-refractivity contribution in [2.45, 2.75) is 5.60 Å². The van der Waals surface area contributed by atoms with E-state index in [1.807, 2.05) is 9.80 Å². The summed E-state index contributed by atoms with van der Waals surface area (Å²) < 4.78 is 58.2. The Kier molecular flexibility index (Phi) is 16.0. The third-order valence-electron chi connectivity index (χ3n) is 6.25. The fraction of sp³-hybridized carbons (Fsp3) is 1.00. The van der Waals surface area contributed by atoms with Crippen molar-refractivity contribution < 1.29 is 51.1 Å². The highest BCUT2D eigenvalue weighted by atomic mass is 32.2. The predicted molar refractivity (Wildman–Crippen MR) is 135 cm³/mol. The summed E-state index contributed by atoms with van der Waals surface area (Å²) in [5.74, 6) is -0.484. The molecule has 37 heavy (non-hydrogen) atoms. The number of nitrogens with zero attached hydrogens (tertiary/aromatic N) is 4. The van der Waals surface area contributed by atoms with Gasteiger partial charge in [-0.15, -0.1) is 0 Å². The minimum atomic E-state index is -3.97. The van der Waals surface area contributed by atoms with Crippen LogP contribution in [0.5, 0.6) is 0 Å². The molecule has 0 atom stereocenters. The molecule has 0 saturated carbocycles. The van der Waals surface area contributed by atoms with Gasteiger partial charge >= 0.3 is 0 Å². The smallest absolute Gasteiger partial charge is 0.269 e. The van der Waals surface area contributed by atoms with Gasteiger partial charge in [0.05, 0.1) is 44.5 Å². The van der Waals surface area contributed by atoms with Crippen molar-refractivity contribution in [2.75, 3.05) is 123 Å². The molecule has 2 aliphatic rings. The molecule has 0 aromatic heterocycles. The molecule has 0 spiro atoms. The van der Waals surface area contributed by atoms with Gasteiger partial charge in [-0.1, -0.05) is 0 Å². The predicted octanol–water partition coefficient (Wildman–Crippen LogP) is -4.86. The fourth-order valence-electron chi connectivity index (χ4n) is 3.78. The molecular weight excluding hydrogens is 536 g/mol. The topological polar surface area (TPSA) is 212 Å². The summed E-state index contributed by atoms with van der Waals surface area (Å²) in [6.07, 6.45) is 0. The molecule has 0 unspecified atom stereocenters. The Bertz CT molecular complexity index is 804. The highest BCUT2D eigenvalue weighted by Crippen LogP contribution is 2.14. The first-order valence-corrected chi connectivity index (χ1v) is 15.4. The zero-order chi connectivity index (χ0) is 28.0. The van der Waals surface area contributed by atoms with Crippen LogP contribution in [-0.2, 0) is 24.4 Å². The summed E-state index contributed by atoms with van der Waals surface area (Å²) in [4.78, 5) is 8.19. The van der Waals surface area contributed by atoms with Crippen molar-refractivity contribution in [2.24, 2.45) is 0 Å². The molecule has 0 aliphatic carbocycles. The first kappa shape index (κ1) is 34.5. The monoisotopic (exact) mass is 580 g/mol. The number of β-amino-alcohol motifs (C(OH)–C–C–N with tert-alkyl or cyclic N) is 2. The van der Waals surface area contributed by atoms with E-state index in [0.29, 0.717) is 32.7 Å². The summed E-state index contributed by atoms with van der Waals surface area (Å²) in [6.45, 7) is 5.98. The first-order valence-electron chi connectivity index (χ1n) is 12.2. The third-order valence-corrected chi connectivity index (χ3v) is 8.24. The minimum absolute atomic E-state index is 0.105. The molecule has 15 nitrogen and oxygen atoms in total. The maximum Gasteiger partial charge on any atom is 0.269 e. The second kappa shape index (κ2) is 17.2. The summed E-state index contributed by atoms with van der Waals surface area (Å²) in [5, 5.41) is 44.9. The molecule has 6 N–H and O–H groups in total. The molecule has 0 amide bonds. The SMILES string of the molecule is O=S(=O)(CCN1CCN(CCO)CC1)OC(CO)(CO)CO.O=S(=O)(O)CCN1CCN(CCO)CC1. The van der Waals surface area contributed by atoms with Crippen LogP contribution in [0, 0.1) is 0 Å². The van der Waals surface area contributed by atoms with Gasteiger partial charge in [0.25, 0.3) is 20.2 Å². The molecule has 0 radical (unpaired) electrons. The molecular formula is C20H44N4O11S2. The number of hydrogen-bond acceptors (Lipinski definition) is 14. The molecule has 0 bridgehead atoms. The standard InChI is InChI=1S/C12H26N2O7S.C8H18N2O4S/c15-7-5-13-1-3-14(4-2-13)6-8-22(19,20)21-12(9-16,10-17)11-18;11-7-5-9-1-3-10(4-2-9)6-8-15(12,13)14/h15-18H,1-11H2;11H,1-8H2,(H,12,13,14). The molecule has 2 saturated heterocycles. The zero-order valence-corrected chi connectivity index (χ0v) is 22.9. The number of hydrogen-bond donors (Lipinski definition) is 6. The van der Waals surface area contributed by atoms with Gasteiger partial charge < -0.3 is 25.5 Å². The Hall–Kier alpha value is -0.540. The summed E-state index contributed by atoms with van der Waals surface area (Å²) in [6, 6.07) is 0. The lowest BCUT2D eigenvalue weighted by molar-refractivity contribution is -0.0639. The van der Waals surface area contributed by atoms with E-state index in [0.717, 1.165) is 39.3 Å². The average Bonchev–Trinajstić information content (AvgIpc) is 2.87. The van der Waals surface area contributed by atoms with Crippen LogP contribution in [-0.4, -0.2) is 195 Å². The van der Waals surface area contributed by atoms with Gasteiger partial charge in [0.2, 0.25) is 0 Å². The molecule has 2 aliphatic heterocycles. The number of aliphatic hydroxyl groups excluding tert-OH is 5. The number of rotatable bonds is 15. The third kappa shape index (κ3) is 14.4. The van der Waals surface area contributed by atoms with Crippen LogP contribution >= 0.6 is 0 Å². The lowest BCUT2D eigenvalue weighted by atomic mass is 10.1. The second-order valence-corrected chi connectivity index (χ2v) is 12.4. The molecule has 17 heteroatoms. The average molecular weight is 581 g/mol. The van der Waals surface area contributed by atoms with Crippen molar-refractivity contribution in [3.8, 4) is 0 Å². The van der Waals surface area contributed by atoms with Crippen LogP contribution in [0.15, 0.2) is 0 Å². The van der Waals surface area contributed by atoms with Crippen LogP contribution in [0.3, 0.4) is 0 Å². The second-order valence-electron chi connectivity index (χ2n) is 9.10. The molecule has 2 heterocycles. The van der Waals surface area contributed by atoms with Crippen LogP contribution in [0.1, 0.15) is 0 Å². The van der Waals surface area contributed by atoms with Gasteiger partial charge in [-0.05, 0) is 0 Å². The lowest BCUT2D eigenvalue weighted by Gasteiger charge is -2.34. The van der Waals surface area contributed by atoms with E-state index in [4.69, 9.17) is 34.3 Å². The van der Waals surface area contributed by atoms with E-state index in [1.54, 1.807) is 0 Å². The van der Waals surface area contributed by atoms with E-state index in [1.165, 1.54) is 0 Å². The van der Waals surface area contributed by atoms with Gasteiger partial charge in [0.15, 0.2) is 5.60 Å². The Morgan fingerprint density at radius 3 is 1.19 bits per heavy atom. The summed E-state index contributed by atoms with van der Waals surface area (Å²) in [5.41, 5.74) is -1.88. The van der Waals surface area contributed by atoms with E-state index in [9.17, 15) is 16.8 Å². The van der Waals surface area contributed by atoms with Crippen LogP contribution < -0.4 is 0 Å². The Morgan fingerprint density at radius 1 is 0.568 bits per heavy atom. The van der Waals surface area contributed by atoms with Crippen molar-refractivity contribution in [1.82, 2.24) is 19.6 Å². The van der Waals surface area contributed by atoms with Gasteiger partial charge in [-0.25, -0.2) is 0 Å². The highest BCUT2D eigenvalue weighted by molar-refractivity contribution is 7.86. The minimum Gasteiger partial charge on any atom is -0.395 e. The van der Waals surface area contributed by atoms with Gasteiger partial charge in [0, 0.05) is 78.5 Å². The Labute approximate surface area is 219 Å². The summed E-state index contributed by atoms with van der Waals surface area (Å²) in [7, 11) is -7.82. The molecule has 0 aromatic rings. The van der Waals surface area contributed by atoms with Crippen LogP contribution in [0.25, 0.3) is 0 Å².